The number of hydrogen-bond donors (Lipinski definition) is 1. The van der Waals surface area contributed by atoms with Crippen molar-refractivity contribution in [2.75, 3.05) is 7.11 Å². The molecule has 2 rings (SSSR count). The Labute approximate surface area is 119 Å². The van der Waals surface area contributed by atoms with Crippen molar-refractivity contribution in [2.24, 2.45) is 0 Å². The van der Waals surface area contributed by atoms with Crippen molar-refractivity contribution in [2.45, 2.75) is 19.7 Å². The summed E-state index contributed by atoms with van der Waals surface area (Å²) in [6.07, 6.45) is 1.64. The number of methoxy groups -OCH3 is 1. The van der Waals surface area contributed by atoms with Crippen molar-refractivity contribution in [3.8, 4) is 6.07 Å². The highest BCUT2D eigenvalue weighted by Gasteiger charge is 2.02. The largest absolute Gasteiger partial charge is 0.380 e. The zero-order valence-electron chi connectivity index (χ0n) is 11.5. The molecule has 0 saturated carbocycles. The molecule has 1 heterocycles. The van der Waals surface area contributed by atoms with E-state index in [-0.39, 0.29) is 0 Å². The zero-order valence-corrected chi connectivity index (χ0v) is 11.5. The summed E-state index contributed by atoms with van der Waals surface area (Å²) < 4.78 is 5.12. The summed E-state index contributed by atoms with van der Waals surface area (Å²) in [6, 6.07) is 14.1. The second-order valence-electron chi connectivity index (χ2n) is 4.48. The molecule has 0 radical (unpaired) electrons. The molecule has 0 saturated heterocycles. The highest BCUT2D eigenvalue weighted by atomic mass is 16.5. The lowest BCUT2D eigenvalue weighted by atomic mass is 10.1. The van der Waals surface area contributed by atoms with Crippen LogP contribution in [-0.2, 0) is 24.4 Å². The number of aromatic nitrogens is 1. The predicted molar refractivity (Wildman–Crippen MR) is 76.7 cm³/mol. The molecule has 0 spiro atoms. The Morgan fingerprint density at radius 1 is 1.20 bits per heavy atom. The molecule has 0 fully saturated rings. The monoisotopic (exact) mass is 267 g/mol. The van der Waals surface area contributed by atoms with Crippen molar-refractivity contribution in [1.82, 2.24) is 10.3 Å². The molecule has 102 valence electrons. The number of pyridine rings is 1. The van der Waals surface area contributed by atoms with Gasteiger partial charge in [-0.25, -0.2) is 4.98 Å². The smallest absolute Gasteiger partial charge is 0.144 e. The minimum Gasteiger partial charge on any atom is -0.380 e. The molecule has 1 N–H and O–H groups in total. The zero-order chi connectivity index (χ0) is 14.2. The van der Waals surface area contributed by atoms with Crippen LogP contribution in [0.2, 0.25) is 0 Å². The Morgan fingerprint density at radius 3 is 2.85 bits per heavy atom. The number of nitrogens with zero attached hydrogens (tertiary/aromatic N) is 2. The van der Waals surface area contributed by atoms with Gasteiger partial charge < -0.3 is 10.1 Å². The Morgan fingerprint density at radius 2 is 2.05 bits per heavy atom. The van der Waals surface area contributed by atoms with Gasteiger partial charge in [-0.05, 0) is 17.2 Å². The average molecular weight is 267 g/mol. The summed E-state index contributed by atoms with van der Waals surface area (Å²) in [5.74, 6) is 0. The van der Waals surface area contributed by atoms with Crippen molar-refractivity contribution in [3.63, 3.8) is 0 Å². The van der Waals surface area contributed by atoms with Gasteiger partial charge in [0, 0.05) is 32.0 Å². The summed E-state index contributed by atoms with van der Waals surface area (Å²) in [5, 5.41) is 12.3. The predicted octanol–water partition coefficient (Wildman–Crippen LogP) is 2.39. The number of nitriles is 1. The van der Waals surface area contributed by atoms with Crippen LogP contribution in [0.3, 0.4) is 0 Å². The Kier molecular flexibility index (Phi) is 5.24. The van der Waals surface area contributed by atoms with E-state index in [1.165, 1.54) is 5.56 Å². The third-order valence-corrected chi connectivity index (χ3v) is 2.94. The lowest BCUT2D eigenvalue weighted by Crippen LogP contribution is -2.14. The molecule has 0 aliphatic carbocycles. The topological polar surface area (TPSA) is 57.9 Å². The first-order valence-corrected chi connectivity index (χ1v) is 6.45. The third-order valence-electron chi connectivity index (χ3n) is 2.94. The third kappa shape index (κ3) is 3.89. The van der Waals surface area contributed by atoms with E-state index in [9.17, 15) is 0 Å². The molecule has 20 heavy (non-hydrogen) atoms. The molecule has 1 aromatic carbocycles. The van der Waals surface area contributed by atoms with Crippen LogP contribution in [0.15, 0.2) is 42.6 Å². The van der Waals surface area contributed by atoms with Gasteiger partial charge in [0.15, 0.2) is 0 Å². The normalized spacial score (nSPS) is 10.2. The number of hydrogen-bond acceptors (Lipinski definition) is 4. The van der Waals surface area contributed by atoms with Crippen molar-refractivity contribution in [1.29, 1.82) is 5.26 Å². The van der Waals surface area contributed by atoms with E-state index >= 15 is 0 Å². The van der Waals surface area contributed by atoms with Crippen molar-refractivity contribution in [3.05, 3.63) is 65.0 Å². The van der Waals surface area contributed by atoms with E-state index < -0.39 is 0 Å². The van der Waals surface area contributed by atoms with Gasteiger partial charge in [-0.2, -0.15) is 5.26 Å². The summed E-state index contributed by atoms with van der Waals surface area (Å²) >= 11 is 0. The lowest BCUT2D eigenvalue weighted by molar-refractivity contribution is 0.185. The Hall–Kier alpha value is -2.22. The number of rotatable bonds is 6. The lowest BCUT2D eigenvalue weighted by Gasteiger charge is -2.07. The maximum absolute atomic E-state index is 8.98. The highest BCUT2D eigenvalue weighted by molar-refractivity contribution is 5.30. The molecule has 1 aromatic heterocycles. The second-order valence-corrected chi connectivity index (χ2v) is 4.48. The second kappa shape index (κ2) is 7.39. The molecule has 0 aliphatic rings. The summed E-state index contributed by atoms with van der Waals surface area (Å²) in [5.41, 5.74) is 3.75. The summed E-state index contributed by atoms with van der Waals surface area (Å²) in [6.45, 7) is 2.00. The van der Waals surface area contributed by atoms with Crippen LogP contribution in [0.5, 0.6) is 0 Å². The van der Waals surface area contributed by atoms with Crippen LogP contribution in [0.4, 0.5) is 0 Å². The molecule has 0 aliphatic heterocycles. The van der Waals surface area contributed by atoms with Crippen molar-refractivity contribution >= 4 is 0 Å². The Balaban J connectivity index is 1.93. The van der Waals surface area contributed by atoms with Gasteiger partial charge in [-0.1, -0.05) is 30.3 Å². The molecule has 0 bridgehead atoms. The van der Waals surface area contributed by atoms with Crippen LogP contribution in [0.25, 0.3) is 0 Å². The van der Waals surface area contributed by atoms with Gasteiger partial charge in [0.1, 0.15) is 11.8 Å². The minimum absolute atomic E-state index is 0.480. The van der Waals surface area contributed by atoms with Crippen LogP contribution >= 0.6 is 0 Å². The number of nitrogens with one attached hydrogen (secondary N) is 1. The first-order chi connectivity index (χ1) is 9.83. The van der Waals surface area contributed by atoms with E-state index in [0.29, 0.717) is 18.8 Å². The van der Waals surface area contributed by atoms with Gasteiger partial charge in [0.2, 0.25) is 0 Å². The van der Waals surface area contributed by atoms with Gasteiger partial charge in [-0.15, -0.1) is 0 Å². The fourth-order valence-corrected chi connectivity index (χ4v) is 2.02. The fourth-order valence-electron chi connectivity index (χ4n) is 2.02. The van der Waals surface area contributed by atoms with Crippen LogP contribution in [0, 0.1) is 11.3 Å². The maximum Gasteiger partial charge on any atom is 0.144 e. The molecule has 0 amide bonds. The van der Waals surface area contributed by atoms with E-state index in [1.54, 1.807) is 13.3 Å². The van der Waals surface area contributed by atoms with E-state index in [4.69, 9.17) is 10.00 Å². The van der Waals surface area contributed by atoms with Gasteiger partial charge in [0.05, 0.1) is 6.61 Å². The molecule has 4 nitrogen and oxygen atoms in total. The standard InChI is InChI=1S/C16H17N3O/c1-20-12-14-5-2-4-13(8-14)10-18-11-15-6-3-7-19-16(15)9-17/h2-8,18H,10-12H2,1H3. The number of benzene rings is 1. The molecule has 4 heteroatoms. The number of ether oxygens (including phenoxy) is 1. The van der Waals surface area contributed by atoms with Gasteiger partial charge >= 0.3 is 0 Å². The Bertz CT molecular complexity index is 605. The SMILES string of the molecule is COCc1cccc(CNCc2cccnc2C#N)c1. The van der Waals surface area contributed by atoms with Crippen LogP contribution < -0.4 is 5.32 Å². The van der Waals surface area contributed by atoms with Gasteiger partial charge in [-0.3, -0.25) is 0 Å². The summed E-state index contributed by atoms with van der Waals surface area (Å²) in [4.78, 5) is 4.04. The van der Waals surface area contributed by atoms with E-state index in [1.807, 2.05) is 24.3 Å². The highest BCUT2D eigenvalue weighted by Crippen LogP contribution is 2.07. The first kappa shape index (κ1) is 14.2. The first-order valence-electron chi connectivity index (χ1n) is 6.45. The van der Waals surface area contributed by atoms with E-state index in [2.05, 4.69) is 28.5 Å². The average Bonchev–Trinajstić information content (AvgIpc) is 2.48. The molecule has 2 aromatic rings. The van der Waals surface area contributed by atoms with Gasteiger partial charge in [0.25, 0.3) is 0 Å². The van der Waals surface area contributed by atoms with Crippen molar-refractivity contribution < 1.29 is 4.74 Å². The van der Waals surface area contributed by atoms with E-state index in [0.717, 1.165) is 17.7 Å². The molecule has 0 unspecified atom stereocenters. The quantitative estimate of drug-likeness (QED) is 0.873. The van der Waals surface area contributed by atoms with Crippen LogP contribution in [-0.4, -0.2) is 12.1 Å². The molecule has 0 atom stereocenters. The van der Waals surface area contributed by atoms with Crippen LogP contribution in [0.1, 0.15) is 22.4 Å². The molecular weight excluding hydrogens is 250 g/mol. The fraction of sp³-hybridized carbons (Fsp3) is 0.250. The molecular formula is C16H17N3O. The maximum atomic E-state index is 8.98. The minimum atomic E-state index is 0.480. The summed E-state index contributed by atoms with van der Waals surface area (Å²) in [7, 11) is 1.69.